The van der Waals surface area contributed by atoms with Crippen molar-refractivity contribution in [1.82, 2.24) is 0 Å². The number of hydrogen-bond donors (Lipinski definition) is 0. The molecule has 17 heavy (non-hydrogen) atoms. The summed E-state index contributed by atoms with van der Waals surface area (Å²) in [7, 11) is 1.70. The lowest BCUT2D eigenvalue weighted by Gasteiger charge is -2.16. The predicted molar refractivity (Wildman–Crippen MR) is 74.7 cm³/mol. The van der Waals surface area contributed by atoms with Crippen molar-refractivity contribution < 1.29 is 4.74 Å². The highest BCUT2D eigenvalue weighted by Gasteiger charge is 2.14. The third-order valence-corrected chi connectivity index (χ3v) is 3.33. The summed E-state index contributed by atoms with van der Waals surface area (Å²) < 4.78 is 5.36. The van der Waals surface area contributed by atoms with Gasteiger partial charge in [0.25, 0.3) is 0 Å². The summed E-state index contributed by atoms with van der Waals surface area (Å²) in [6.45, 7) is 5.78. The first kappa shape index (κ1) is 14.3. The lowest BCUT2D eigenvalue weighted by molar-refractivity contribution is 0.104. The van der Waals surface area contributed by atoms with Gasteiger partial charge >= 0.3 is 0 Å². The van der Waals surface area contributed by atoms with E-state index in [9.17, 15) is 0 Å². The van der Waals surface area contributed by atoms with E-state index in [1.807, 2.05) is 18.2 Å². The Labute approximate surface area is 113 Å². The zero-order valence-corrected chi connectivity index (χ0v) is 11.6. The molecule has 0 N–H and O–H groups in total. The Morgan fingerprint density at radius 3 is 2.41 bits per heavy atom. The van der Waals surface area contributed by atoms with E-state index in [0.29, 0.717) is 16.5 Å². The van der Waals surface area contributed by atoms with Crippen LogP contribution in [0.2, 0.25) is 10.0 Å². The van der Waals surface area contributed by atoms with E-state index in [-0.39, 0.29) is 6.10 Å². The molecule has 0 aliphatic carbocycles. The van der Waals surface area contributed by atoms with Crippen LogP contribution >= 0.6 is 23.2 Å². The van der Waals surface area contributed by atoms with Gasteiger partial charge in [0.2, 0.25) is 0 Å². The monoisotopic (exact) mass is 270 g/mol. The van der Waals surface area contributed by atoms with Gasteiger partial charge in [-0.25, -0.2) is 0 Å². The first-order valence-electron chi connectivity index (χ1n) is 5.50. The number of methoxy groups -OCH3 is 1. The Morgan fingerprint density at radius 1 is 1.41 bits per heavy atom. The van der Waals surface area contributed by atoms with Crippen LogP contribution in [0.4, 0.5) is 0 Å². The molecule has 0 fully saturated rings. The molecule has 0 aliphatic rings. The summed E-state index contributed by atoms with van der Waals surface area (Å²) in [6.07, 6.45) is 1.76. The van der Waals surface area contributed by atoms with E-state index < -0.39 is 0 Å². The topological polar surface area (TPSA) is 9.23 Å². The maximum atomic E-state index is 6.16. The van der Waals surface area contributed by atoms with E-state index in [1.54, 1.807) is 7.11 Å². The molecule has 0 aromatic heterocycles. The van der Waals surface area contributed by atoms with Crippen molar-refractivity contribution in [3.8, 4) is 0 Å². The zero-order valence-electron chi connectivity index (χ0n) is 10.1. The van der Waals surface area contributed by atoms with Crippen LogP contribution in [0.15, 0.2) is 30.5 Å². The van der Waals surface area contributed by atoms with Crippen LogP contribution in [-0.4, -0.2) is 13.2 Å². The van der Waals surface area contributed by atoms with Crippen molar-refractivity contribution in [1.29, 1.82) is 0 Å². The normalized spacial score (nSPS) is 12.0. The fourth-order valence-corrected chi connectivity index (χ4v) is 2.30. The molecular weight excluding hydrogens is 255 g/mol. The minimum atomic E-state index is 0.131. The summed E-state index contributed by atoms with van der Waals surface area (Å²) in [5.41, 5.74) is 4.62. The Balaban J connectivity index is 3.07. The zero-order chi connectivity index (χ0) is 12.8. The SMILES string of the molecule is C=C=C(CC(CC)OC)c1c(Cl)cccc1Cl. The van der Waals surface area contributed by atoms with Gasteiger partial charge in [-0.15, -0.1) is 5.73 Å². The Bertz CT molecular complexity index is 410. The maximum Gasteiger partial charge on any atom is 0.0615 e. The van der Waals surface area contributed by atoms with Gasteiger partial charge in [0, 0.05) is 24.7 Å². The number of rotatable bonds is 5. The van der Waals surface area contributed by atoms with Crippen LogP contribution in [0.25, 0.3) is 5.57 Å². The van der Waals surface area contributed by atoms with Crippen LogP contribution in [0.3, 0.4) is 0 Å². The molecule has 1 nitrogen and oxygen atoms in total. The highest BCUT2D eigenvalue weighted by molar-refractivity contribution is 6.37. The molecule has 92 valence electrons. The quantitative estimate of drug-likeness (QED) is 0.686. The fraction of sp³-hybridized carbons (Fsp3) is 0.357. The van der Waals surface area contributed by atoms with Crippen LogP contribution in [-0.2, 0) is 4.74 Å². The third kappa shape index (κ3) is 3.62. The Hall–Kier alpha value is -0.720. The van der Waals surface area contributed by atoms with E-state index >= 15 is 0 Å². The molecule has 1 atom stereocenters. The molecule has 0 radical (unpaired) electrons. The van der Waals surface area contributed by atoms with Gasteiger partial charge in [-0.1, -0.05) is 42.8 Å². The standard InChI is InChI=1S/C14H16Cl2O/c1-4-10(9-11(5-2)17-3)14-12(15)7-6-8-13(14)16/h6-8,11H,1,5,9H2,2-3H3. The molecule has 0 bridgehead atoms. The van der Waals surface area contributed by atoms with Crippen molar-refractivity contribution in [3.05, 3.63) is 46.1 Å². The van der Waals surface area contributed by atoms with Gasteiger partial charge in [-0.2, -0.15) is 0 Å². The van der Waals surface area contributed by atoms with Crippen LogP contribution in [0.1, 0.15) is 25.3 Å². The highest BCUT2D eigenvalue weighted by atomic mass is 35.5. The Morgan fingerprint density at radius 2 is 2.00 bits per heavy atom. The minimum absolute atomic E-state index is 0.131. The summed E-state index contributed by atoms with van der Waals surface area (Å²) in [5.74, 6) is 0. The largest absolute Gasteiger partial charge is 0.381 e. The van der Waals surface area contributed by atoms with Gasteiger partial charge in [0.05, 0.1) is 16.1 Å². The van der Waals surface area contributed by atoms with E-state index in [1.165, 1.54) is 0 Å². The van der Waals surface area contributed by atoms with Crippen molar-refractivity contribution in [2.24, 2.45) is 0 Å². The lowest BCUT2D eigenvalue weighted by atomic mass is 9.99. The summed E-state index contributed by atoms with van der Waals surface area (Å²) in [5, 5.41) is 1.24. The smallest absolute Gasteiger partial charge is 0.0615 e. The van der Waals surface area contributed by atoms with Gasteiger partial charge in [0.15, 0.2) is 0 Å². The van der Waals surface area contributed by atoms with Crippen LogP contribution < -0.4 is 0 Å². The molecule has 1 unspecified atom stereocenters. The van der Waals surface area contributed by atoms with Crippen LogP contribution in [0.5, 0.6) is 0 Å². The number of benzene rings is 1. The second-order valence-electron chi connectivity index (χ2n) is 3.72. The summed E-state index contributed by atoms with van der Waals surface area (Å²) in [4.78, 5) is 0. The van der Waals surface area contributed by atoms with Gasteiger partial charge in [0.1, 0.15) is 0 Å². The average molecular weight is 271 g/mol. The molecule has 1 rings (SSSR count). The average Bonchev–Trinajstić information content (AvgIpc) is 2.33. The predicted octanol–water partition coefficient (Wildman–Crippen LogP) is 4.98. The summed E-state index contributed by atoms with van der Waals surface area (Å²) >= 11 is 12.3. The van der Waals surface area contributed by atoms with E-state index in [4.69, 9.17) is 27.9 Å². The number of ether oxygens (including phenoxy) is 1. The van der Waals surface area contributed by atoms with Crippen molar-refractivity contribution in [2.45, 2.75) is 25.9 Å². The van der Waals surface area contributed by atoms with E-state index in [2.05, 4.69) is 19.2 Å². The fourth-order valence-electron chi connectivity index (χ4n) is 1.67. The first-order chi connectivity index (χ1) is 8.13. The minimum Gasteiger partial charge on any atom is -0.381 e. The molecular formula is C14H16Cl2O. The third-order valence-electron chi connectivity index (χ3n) is 2.70. The molecule has 0 saturated carbocycles. The molecule has 3 heteroatoms. The Kier molecular flexibility index (Phi) is 5.80. The second kappa shape index (κ2) is 6.88. The van der Waals surface area contributed by atoms with E-state index in [0.717, 1.165) is 17.6 Å². The van der Waals surface area contributed by atoms with Gasteiger partial charge < -0.3 is 4.74 Å². The summed E-state index contributed by atoms with van der Waals surface area (Å²) in [6, 6.07) is 5.45. The number of hydrogen-bond acceptors (Lipinski definition) is 1. The number of halogens is 2. The molecule has 0 saturated heterocycles. The maximum absolute atomic E-state index is 6.16. The first-order valence-corrected chi connectivity index (χ1v) is 6.25. The molecule has 1 aromatic rings. The van der Waals surface area contributed by atoms with Crippen molar-refractivity contribution >= 4 is 28.8 Å². The molecule has 0 aliphatic heterocycles. The highest BCUT2D eigenvalue weighted by Crippen LogP contribution is 2.33. The van der Waals surface area contributed by atoms with Crippen LogP contribution in [0, 0.1) is 0 Å². The second-order valence-corrected chi connectivity index (χ2v) is 4.54. The molecule has 0 heterocycles. The molecule has 0 spiro atoms. The lowest BCUT2D eigenvalue weighted by Crippen LogP contribution is -2.09. The van der Waals surface area contributed by atoms with Gasteiger partial charge in [-0.05, 0) is 18.6 Å². The van der Waals surface area contributed by atoms with Crippen molar-refractivity contribution in [2.75, 3.05) is 7.11 Å². The molecule has 0 amide bonds. The molecule has 1 aromatic carbocycles. The van der Waals surface area contributed by atoms with Crippen molar-refractivity contribution in [3.63, 3.8) is 0 Å². The van der Waals surface area contributed by atoms with Gasteiger partial charge in [-0.3, -0.25) is 0 Å².